The number of hydrogen-bond donors (Lipinski definition) is 0. The van der Waals surface area contributed by atoms with Crippen molar-refractivity contribution in [3.05, 3.63) is 29.7 Å². The first kappa shape index (κ1) is 11.1. The zero-order valence-corrected chi connectivity index (χ0v) is 10.3. The molecule has 0 aliphatic rings. The summed E-state index contributed by atoms with van der Waals surface area (Å²) >= 11 is 0. The first-order chi connectivity index (χ1) is 7.59. The normalized spacial score (nSPS) is 11.9. The SMILES string of the molecule is CC(C)c1ccc(CN(C)C)n2ncnc12. The van der Waals surface area contributed by atoms with Crippen LogP contribution in [0.5, 0.6) is 0 Å². The average Bonchev–Trinajstić information content (AvgIpc) is 2.65. The van der Waals surface area contributed by atoms with Gasteiger partial charge in [-0.15, -0.1) is 0 Å². The van der Waals surface area contributed by atoms with Crippen molar-refractivity contribution in [2.45, 2.75) is 26.3 Å². The Morgan fingerprint density at radius 1 is 1.31 bits per heavy atom. The number of pyridine rings is 1. The van der Waals surface area contributed by atoms with Crippen molar-refractivity contribution >= 4 is 5.65 Å². The standard InChI is InChI=1S/C12H18N4/c1-9(2)11-6-5-10(7-15(3)4)16-12(11)13-8-14-16/h5-6,8-9H,7H2,1-4H3. The van der Waals surface area contributed by atoms with Crippen molar-refractivity contribution in [2.24, 2.45) is 0 Å². The molecule has 0 fully saturated rings. The van der Waals surface area contributed by atoms with E-state index in [1.54, 1.807) is 6.33 Å². The maximum absolute atomic E-state index is 4.34. The van der Waals surface area contributed by atoms with Crippen LogP contribution in [0.15, 0.2) is 18.5 Å². The van der Waals surface area contributed by atoms with Gasteiger partial charge in [0.25, 0.3) is 0 Å². The van der Waals surface area contributed by atoms with E-state index >= 15 is 0 Å². The molecule has 16 heavy (non-hydrogen) atoms. The molecule has 86 valence electrons. The highest BCUT2D eigenvalue weighted by Gasteiger charge is 2.10. The summed E-state index contributed by atoms with van der Waals surface area (Å²) in [7, 11) is 4.11. The van der Waals surface area contributed by atoms with Crippen LogP contribution in [0.25, 0.3) is 5.65 Å². The van der Waals surface area contributed by atoms with Gasteiger partial charge in [-0.05, 0) is 31.6 Å². The highest BCUT2D eigenvalue weighted by molar-refractivity contribution is 5.49. The van der Waals surface area contributed by atoms with Crippen LogP contribution >= 0.6 is 0 Å². The second-order valence-electron chi connectivity index (χ2n) is 4.67. The summed E-state index contributed by atoms with van der Waals surface area (Å²) < 4.78 is 1.94. The van der Waals surface area contributed by atoms with Gasteiger partial charge in [0.15, 0.2) is 5.65 Å². The molecule has 0 radical (unpaired) electrons. The van der Waals surface area contributed by atoms with Gasteiger partial charge in [-0.1, -0.05) is 19.9 Å². The predicted molar refractivity (Wildman–Crippen MR) is 64.5 cm³/mol. The summed E-state index contributed by atoms with van der Waals surface area (Å²) in [5.41, 5.74) is 3.40. The number of aromatic nitrogens is 3. The fourth-order valence-electron chi connectivity index (χ4n) is 1.87. The van der Waals surface area contributed by atoms with Crippen LogP contribution in [0.1, 0.15) is 31.0 Å². The van der Waals surface area contributed by atoms with Crippen LogP contribution in [0.4, 0.5) is 0 Å². The Morgan fingerprint density at radius 2 is 2.06 bits per heavy atom. The van der Waals surface area contributed by atoms with Crippen molar-refractivity contribution in [3.8, 4) is 0 Å². The molecule has 0 unspecified atom stereocenters. The zero-order valence-electron chi connectivity index (χ0n) is 10.3. The van der Waals surface area contributed by atoms with Crippen LogP contribution in [-0.2, 0) is 6.54 Å². The first-order valence-electron chi connectivity index (χ1n) is 5.56. The minimum atomic E-state index is 0.472. The zero-order chi connectivity index (χ0) is 11.7. The largest absolute Gasteiger partial charge is 0.304 e. The van der Waals surface area contributed by atoms with E-state index in [0.717, 1.165) is 12.2 Å². The molecule has 0 aliphatic carbocycles. The molecular formula is C12H18N4. The Bertz CT molecular complexity index is 485. The summed E-state index contributed by atoms with van der Waals surface area (Å²) in [5.74, 6) is 0.472. The summed E-state index contributed by atoms with van der Waals surface area (Å²) in [6, 6.07) is 4.30. The minimum absolute atomic E-state index is 0.472. The third-order valence-corrected chi connectivity index (χ3v) is 2.63. The Hall–Kier alpha value is -1.42. The van der Waals surface area contributed by atoms with Crippen molar-refractivity contribution in [2.75, 3.05) is 14.1 Å². The van der Waals surface area contributed by atoms with Gasteiger partial charge >= 0.3 is 0 Å². The maximum atomic E-state index is 4.34. The molecule has 0 aliphatic heterocycles. The smallest absolute Gasteiger partial charge is 0.159 e. The highest BCUT2D eigenvalue weighted by Crippen LogP contribution is 2.20. The van der Waals surface area contributed by atoms with Gasteiger partial charge < -0.3 is 4.90 Å². The van der Waals surface area contributed by atoms with Crippen LogP contribution in [-0.4, -0.2) is 33.6 Å². The topological polar surface area (TPSA) is 33.4 Å². The van der Waals surface area contributed by atoms with Crippen LogP contribution in [0, 0.1) is 0 Å². The number of rotatable bonds is 3. The van der Waals surface area contributed by atoms with Gasteiger partial charge in [-0.3, -0.25) is 0 Å². The molecule has 0 bridgehead atoms. The lowest BCUT2D eigenvalue weighted by atomic mass is 10.0. The van der Waals surface area contributed by atoms with Gasteiger partial charge in [0.05, 0.1) is 5.69 Å². The molecule has 0 spiro atoms. The van der Waals surface area contributed by atoms with Crippen molar-refractivity contribution < 1.29 is 0 Å². The lowest BCUT2D eigenvalue weighted by Crippen LogP contribution is -2.14. The first-order valence-corrected chi connectivity index (χ1v) is 5.56. The van der Waals surface area contributed by atoms with Gasteiger partial charge in [0, 0.05) is 6.54 Å². The lowest BCUT2D eigenvalue weighted by molar-refractivity contribution is 0.392. The Kier molecular flexibility index (Phi) is 2.92. The highest BCUT2D eigenvalue weighted by atomic mass is 15.3. The predicted octanol–water partition coefficient (Wildman–Crippen LogP) is 1.91. The quantitative estimate of drug-likeness (QED) is 0.789. The Balaban J connectivity index is 2.55. The maximum Gasteiger partial charge on any atom is 0.159 e. The van der Waals surface area contributed by atoms with Gasteiger partial charge in [-0.2, -0.15) is 5.10 Å². The molecule has 0 amide bonds. The van der Waals surface area contributed by atoms with Crippen molar-refractivity contribution in [1.29, 1.82) is 0 Å². The molecule has 2 heterocycles. The molecule has 2 aromatic heterocycles. The van der Waals surface area contributed by atoms with Gasteiger partial charge in [0.2, 0.25) is 0 Å². The summed E-state index contributed by atoms with van der Waals surface area (Å²) in [6.07, 6.45) is 1.63. The van der Waals surface area contributed by atoms with Gasteiger partial charge in [-0.25, -0.2) is 9.50 Å². The summed E-state index contributed by atoms with van der Waals surface area (Å²) in [4.78, 5) is 6.47. The van der Waals surface area contributed by atoms with E-state index in [0.29, 0.717) is 5.92 Å². The minimum Gasteiger partial charge on any atom is -0.304 e. The summed E-state index contributed by atoms with van der Waals surface area (Å²) in [5, 5.41) is 4.29. The molecule has 4 heteroatoms. The molecule has 0 saturated carbocycles. The number of nitrogens with zero attached hydrogens (tertiary/aromatic N) is 4. The van der Waals surface area contributed by atoms with E-state index in [-0.39, 0.29) is 0 Å². The molecule has 4 nitrogen and oxygen atoms in total. The van der Waals surface area contributed by atoms with E-state index in [1.165, 1.54) is 11.3 Å². The summed E-state index contributed by atoms with van der Waals surface area (Å²) in [6.45, 7) is 5.23. The van der Waals surface area contributed by atoms with Crippen molar-refractivity contribution in [1.82, 2.24) is 19.5 Å². The third-order valence-electron chi connectivity index (χ3n) is 2.63. The molecule has 0 atom stereocenters. The van der Waals surface area contributed by atoms with Crippen molar-refractivity contribution in [3.63, 3.8) is 0 Å². The molecular weight excluding hydrogens is 200 g/mol. The fourth-order valence-corrected chi connectivity index (χ4v) is 1.87. The Labute approximate surface area is 95.9 Å². The average molecular weight is 218 g/mol. The lowest BCUT2D eigenvalue weighted by Gasteiger charge is -2.13. The second-order valence-corrected chi connectivity index (χ2v) is 4.67. The monoisotopic (exact) mass is 218 g/mol. The van der Waals surface area contributed by atoms with Crippen LogP contribution in [0.2, 0.25) is 0 Å². The van der Waals surface area contributed by atoms with E-state index in [9.17, 15) is 0 Å². The molecule has 0 saturated heterocycles. The number of hydrogen-bond acceptors (Lipinski definition) is 3. The van der Waals surface area contributed by atoms with Crippen LogP contribution in [0.3, 0.4) is 0 Å². The molecule has 0 N–H and O–H groups in total. The fraction of sp³-hybridized carbons (Fsp3) is 0.500. The van der Waals surface area contributed by atoms with E-state index in [1.807, 2.05) is 4.52 Å². The van der Waals surface area contributed by atoms with Gasteiger partial charge in [0.1, 0.15) is 6.33 Å². The van der Waals surface area contributed by atoms with E-state index in [2.05, 4.69) is 55.1 Å². The van der Waals surface area contributed by atoms with E-state index in [4.69, 9.17) is 0 Å². The molecule has 0 aromatic carbocycles. The third kappa shape index (κ3) is 1.93. The second kappa shape index (κ2) is 4.22. The Morgan fingerprint density at radius 3 is 2.69 bits per heavy atom. The number of fused-ring (bicyclic) bond motifs is 1. The molecule has 2 rings (SSSR count). The van der Waals surface area contributed by atoms with E-state index < -0.39 is 0 Å². The molecule has 2 aromatic rings. The van der Waals surface area contributed by atoms with Crippen LogP contribution < -0.4 is 0 Å².